The summed E-state index contributed by atoms with van der Waals surface area (Å²) in [4.78, 5) is 24.9. The summed E-state index contributed by atoms with van der Waals surface area (Å²) >= 11 is 6.04. The molecule has 0 aliphatic heterocycles. The fraction of sp³-hybridized carbons (Fsp3) is 0.0400. The van der Waals surface area contributed by atoms with Gasteiger partial charge in [-0.05, 0) is 48.5 Å². The maximum absolute atomic E-state index is 13.8. The van der Waals surface area contributed by atoms with Gasteiger partial charge in [0.1, 0.15) is 35.2 Å². The van der Waals surface area contributed by atoms with E-state index in [-0.39, 0.29) is 29.1 Å². The molecule has 0 spiro atoms. The Balaban J connectivity index is 1.58. The fourth-order valence-corrected chi connectivity index (χ4v) is 3.74. The number of ether oxygens (including phenoxy) is 1. The molecule has 5 aromatic rings. The predicted molar refractivity (Wildman–Crippen MR) is 120 cm³/mol. The fourth-order valence-electron chi connectivity index (χ4n) is 3.56. The third-order valence-electron chi connectivity index (χ3n) is 5.15. The van der Waals surface area contributed by atoms with Gasteiger partial charge in [0.15, 0.2) is 0 Å². The molecule has 8 heteroatoms. The van der Waals surface area contributed by atoms with Gasteiger partial charge in [-0.3, -0.25) is 0 Å². The molecule has 2 aromatic heterocycles. The van der Waals surface area contributed by atoms with Crippen LogP contribution in [-0.4, -0.2) is 0 Å². The van der Waals surface area contributed by atoms with E-state index in [1.54, 1.807) is 36.4 Å². The number of halogens is 3. The molecule has 0 unspecified atom stereocenters. The van der Waals surface area contributed by atoms with Crippen molar-refractivity contribution in [3.05, 3.63) is 110 Å². The molecule has 5 nitrogen and oxygen atoms in total. The second kappa shape index (κ2) is 8.18. The number of rotatable bonds is 4. The molecule has 0 fully saturated rings. The van der Waals surface area contributed by atoms with Gasteiger partial charge in [0.2, 0.25) is 0 Å². The van der Waals surface area contributed by atoms with Gasteiger partial charge >= 0.3 is 11.3 Å². The minimum absolute atomic E-state index is 0.134. The van der Waals surface area contributed by atoms with Crippen LogP contribution in [-0.2, 0) is 6.61 Å². The highest BCUT2D eigenvalue weighted by atomic mass is 35.5. The quantitative estimate of drug-likeness (QED) is 0.300. The van der Waals surface area contributed by atoms with Crippen LogP contribution in [0.5, 0.6) is 5.75 Å². The maximum atomic E-state index is 13.8. The molecule has 0 bridgehead atoms. The Labute approximate surface area is 189 Å². The van der Waals surface area contributed by atoms with Gasteiger partial charge in [0.25, 0.3) is 0 Å². The largest absolute Gasteiger partial charge is 0.489 e. The highest BCUT2D eigenvalue weighted by molar-refractivity contribution is 6.31. The third kappa shape index (κ3) is 3.99. The van der Waals surface area contributed by atoms with Gasteiger partial charge in [-0.1, -0.05) is 17.7 Å². The van der Waals surface area contributed by atoms with Gasteiger partial charge in [0.05, 0.1) is 11.1 Å². The van der Waals surface area contributed by atoms with Gasteiger partial charge in [-0.2, -0.15) is 0 Å². The van der Waals surface area contributed by atoms with Crippen molar-refractivity contribution < 1.29 is 22.4 Å². The molecule has 33 heavy (non-hydrogen) atoms. The molecular formula is C25H13ClF2O5. The first-order valence-corrected chi connectivity index (χ1v) is 10.1. The van der Waals surface area contributed by atoms with Crippen LogP contribution in [0.4, 0.5) is 8.78 Å². The summed E-state index contributed by atoms with van der Waals surface area (Å²) in [5.41, 5.74) is -0.591. The second-order valence-corrected chi connectivity index (χ2v) is 7.69. The smallest absolute Gasteiger partial charge is 0.344 e. The zero-order chi connectivity index (χ0) is 23.1. The normalized spacial score (nSPS) is 11.2. The molecule has 5 rings (SSSR count). The number of hydrogen-bond acceptors (Lipinski definition) is 5. The lowest BCUT2D eigenvalue weighted by molar-refractivity contribution is 0.292. The number of hydrogen-bond donors (Lipinski definition) is 0. The van der Waals surface area contributed by atoms with E-state index >= 15 is 0 Å². The predicted octanol–water partition coefficient (Wildman–Crippen LogP) is 6.08. The van der Waals surface area contributed by atoms with Crippen LogP contribution in [0.1, 0.15) is 5.56 Å². The lowest BCUT2D eigenvalue weighted by Crippen LogP contribution is -2.06. The minimum atomic E-state index is -0.729. The third-order valence-corrected chi connectivity index (χ3v) is 5.38. The summed E-state index contributed by atoms with van der Waals surface area (Å²) in [5.74, 6) is -1.23. The summed E-state index contributed by atoms with van der Waals surface area (Å²) in [6, 6.07) is 15.7. The monoisotopic (exact) mass is 466 g/mol. The standard InChI is InChI=1S/C25H13ClF2O5/c26-14-4-7-22-13(8-14)9-18(25(30)33-22)17-11-24(29)32-23-10-15(5-6-16(17)23)31-12-19-20(27)2-1-3-21(19)28/h1-11H,12H2. The van der Waals surface area contributed by atoms with E-state index in [9.17, 15) is 18.4 Å². The van der Waals surface area contributed by atoms with Crippen molar-refractivity contribution in [1.82, 2.24) is 0 Å². The van der Waals surface area contributed by atoms with E-state index in [2.05, 4.69) is 0 Å². The molecule has 0 radical (unpaired) electrons. The SMILES string of the molecule is O=c1cc(-c2cc3cc(Cl)ccc3oc2=O)c2ccc(OCc3c(F)cccc3F)cc2o1. The van der Waals surface area contributed by atoms with Crippen LogP contribution in [0.25, 0.3) is 33.1 Å². The first kappa shape index (κ1) is 20.9. The summed E-state index contributed by atoms with van der Waals surface area (Å²) in [6.45, 7) is -0.358. The lowest BCUT2D eigenvalue weighted by atomic mass is 10.0. The average Bonchev–Trinajstić information content (AvgIpc) is 2.78. The molecule has 2 heterocycles. The van der Waals surface area contributed by atoms with Crippen molar-refractivity contribution in [2.75, 3.05) is 0 Å². The molecule has 0 atom stereocenters. The lowest BCUT2D eigenvalue weighted by Gasteiger charge is -2.10. The average molecular weight is 467 g/mol. The van der Waals surface area contributed by atoms with E-state index in [0.717, 1.165) is 12.1 Å². The first-order valence-electron chi connectivity index (χ1n) is 9.76. The molecule has 3 aromatic carbocycles. The zero-order valence-electron chi connectivity index (χ0n) is 16.7. The molecule has 0 saturated heterocycles. The molecule has 164 valence electrons. The van der Waals surface area contributed by atoms with Gasteiger partial charge in [-0.25, -0.2) is 18.4 Å². The summed E-state index contributed by atoms with van der Waals surface area (Å²) < 4.78 is 43.9. The minimum Gasteiger partial charge on any atom is -0.489 e. The Morgan fingerprint density at radius 3 is 2.39 bits per heavy atom. The zero-order valence-corrected chi connectivity index (χ0v) is 17.5. The van der Waals surface area contributed by atoms with E-state index in [1.807, 2.05) is 0 Å². The Bertz CT molecular complexity index is 1640. The summed E-state index contributed by atoms with van der Waals surface area (Å²) in [6.07, 6.45) is 0. The van der Waals surface area contributed by atoms with Crippen LogP contribution >= 0.6 is 11.6 Å². The van der Waals surface area contributed by atoms with Crippen LogP contribution in [0.2, 0.25) is 5.02 Å². The summed E-state index contributed by atoms with van der Waals surface area (Å²) in [7, 11) is 0. The van der Waals surface area contributed by atoms with Gasteiger partial charge in [-0.15, -0.1) is 0 Å². The van der Waals surface area contributed by atoms with Crippen LogP contribution in [0.3, 0.4) is 0 Å². The van der Waals surface area contributed by atoms with E-state index in [1.165, 1.54) is 18.2 Å². The molecule has 0 amide bonds. The number of fused-ring (bicyclic) bond motifs is 2. The number of benzene rings is 3. The van der Waals surface area contributed by atoms with Crippen molar-refractivity contribution >= 4 is 33.5 Å². The van der Waals surface area contributed by atoms with Crippen molar-refractivity contribution in [3.63, 3.8) is 0 Å². The molecule has 0 aliphatic rings. The van der Waals surface area contributed by atoms with Gasteiger partial charge in [0, 0.05) is 33.5 Å². The van der Waals surface area contributed by atoms with E-state index in [0.29, 0.717) is 26.9 Å². The highest BCUT2D eigenvalue weighted by Gasteiger charge is 2.15. The Hall–Kier alpha value is -3.97. The first-order chi connectivity index (χ1) is 15.9. The topological polar surface area (TPSA) is 69.7 Å². The molecular weight excluding hydrogens is 454 g/mol. The van der Waals surface area contributed by atoms with Crippen molar-refractivity contribution in [2.24, 2.45) is 0 Å². The molecule has 0 aliphatic carbocycles. The highest BCUT2D eigenvalue weighted by Crippen LogP contribution is 2.30. The van der Waals surface area contributed by atoms with Gasteiger partial charge < -0.3 is 13.6 Å². The molecule has 0 N–H and O–H groups in total. The molecule has 0 saturated carbocycles. The Morgan fingerprint density at radius 1 is 0.818 bits per heavy atom. The van der Waals surface area contributed by atoms with E-state index in [4.69, 9.17) is 25.2 Å². The Kier molecular flexibility index (Phi) is 5.18. The van der Waals surface area contributed by atoms with E-state index < -0.39 is 22.9 Å². The second-order valence-electron chi connectivity index (χ2n) is 7.26. The Morgan fingerprint density at radius 2 is 1.61 bits per heavy atom. The van der Waals surface area contributed by atoms with Crippen LogP contribution in [0.15, 0.2) is 85.2 Å². The van der Waals surface area contributed by atoms with Crippen molar-refractivity contribution in [2.45, 2.75) is 6.61 Å². The maximum Gasteiger partial charge on any atom is 0.344 e. The van der Waals surface area contributed by atoms with Crippen molar-refractivity contribution in [1.29, 1.82) is 0 Å². The van der Waals surface area contributed by atoms with Crippen molar-refractivity contribution in [3.8, 4) is 16.9 Å². The van der Waals surface area contributed by atoms with Crippen LogP contribution in [0, 0.1) is 11.6 Å². The summed E-state index contributed by atoms with van der Waals surface area (Å²) in [5, 5.41) is 1.51. The van der Waals surface area contributed by atoms with Crippen LogP contribution < -0.4 is 16.0 Å².